The van der Waals surface area contributed by atoms with Crippen LogP contribution >= 0.6 is 15.9 Å². The van der Waals surface area contributed by atoms with E-state index in [2.05, 4.69) is 32.0 Å². The zero-order chi connectivity index (χ0) is 14.1. The molecule has 0 amide bonds. The van der Waals surface area contributed by atoms with Gasteiger partial charge in [0.1, 0.15) is 16.2 Å². The van der Waals surface area contributed by atoms with Crippen LogP contribution in [-0.4, -0.2) is 17.0 Å². The number of hydrogen-bond donors (Lipinski definition) is 0. The summed E-state index contributed by atoms with van der Waals surface area (Å²) in [5, 5.41) is 8.83. The van der Waals surface area contributed by atoms with Crippen molar-refractivity contribution in [2.24, 2.45) is 0 Å². The summed E-state index contributed by atoms with van der Waals surface area (Å²) in [6.07, 6.45) is 2.35. The van der Waals surface area contributed by atoms with Crippen molar-refractivity contribution in [1.29, 1.82) is 5.26 Å². The average Bonchev–Trinajstić information content (AvgIpc) is 3.30. The lowest BCUT2D eigenvalue weighted by Crippen LogP contribution is -2.12. The molecule has 1 aliphatic rings. The number of anilines is 2. The Bertz CT molecular complexity index is 671. The Morgan fingerprint density at radius 1 is 1.25 bits per heavy atom. The summed E-state index contributed by atoms with van der Waals surface area (Å²) < 4.78 is 0.810. The predicted molar refractivity (Wildman–Crippen MR) is 80.9 cm³/mol. The highest BCUT2D eigenvalue weighted by Gasteiger charge is 2.27. The molecule has 2 aromatic rings. The first-order chi connectivity index (χ1) is 9.67. The average molecular weight is 329 g/mol. The molecule has 1 fully saturated rings. The normalized spacial score (nSPS) is 13.8. The fourth-order valence-electron chi connectivity index (χ4n) is 2.01. The molecule has 0 bridgehead atoms. The molecule has 0 unspecified atom stereocenters. The number of nitriles is 1. The third kappa shape index (κ3) is 2.66. The van der Waals surface area contributed by atoms with Gasteiger partial charge in [0.05, 0.1) is 11.6 Å². The van der Waals surface area contributed by atoms with Gasteiger partial charge >= 0.3 is 0 Å². The van der Waals surface area contributed by atoms with Gasteiger partial charge in [-0.3, -0.25) is 0 Å². The molecule has 3 rings (SSSR count). The summed E-state index contributed by atoms with van der Waals surface area (Å²) in [6.45, 7) is 0. The topological polar surface area (TPSA) is 52.8 Å². The first kappa shape index (κ1) is 13.1. The lowest BCUT2D eigenvalue weighted by molar-refractivity contribution is 0.904. The first-order valence-corrected chi connectivity index (χ1v) is 7.25. The number of hydrogen-bond acceptors (Lipinski definition) is 4. The van der Waals surface area contributed by atoms with E-state index in [0.717, 1.165) is 21.9 Å². The van der Waals surface area contributed by atoms with Crippen molar-refractivity contribution in [2.75, 3.05) is 11.9 Å². The lowest BCUT2D eigenvalue weighted by atomic mass is 10.2. The molecule has 0 atom stereocenters. The van der Waals surface area contributed by atoms with E-state index in [1.54, 1.807) is 0 Å². The highest BCUT2D eigenvalue weighted by molar-refractivity contribution is 9.10. The van der Waals surface area contributed by atoms with Crippen LogP contribution in [0, 0.1) is 11.3 Å². The molecular formula is C15H13BrN4. The predicted octanol–water partition coefficient (Wildman–Crippen LogP) is 3.76. The highest BCUT2D eigenvalue weighted by Crippen LogP contribution is 2.39. The summed E-state index contributed by atoms with van der Waals surface area (Å²) in [5.74, 6) is 2.29. The molecule has 1 aliphatic carbocycles. The van der Waals surface area contributed by atoms with Gasteiger partial charge in [0.15, 0.2) is 0 Å². The number of nitrogens with zero attached hydrogens (tertiary/aromatic N) is 4. The van der Waals surface area contributed by atoms with E-state index in [4.69, 9.17) is 5.26 Å². The van der Waals surface area contributed by atoms with E-state index < -0.39 is 0 Å². The maximum Gasteiger partial charge on any atom is 0.137 e. The lowest BCUT2D eigenvalue weighted by Gasteiger charge is -2.19. The van der Waals surface area contributed by atoms with Gasteiger partial charge in [-0.25, -0.2) is 9.97 Å². The molecule has 0 aliphatic heterocycles. The van der Waals surface area contributed by atoms with Gasteiger partial charge in [-0.2, -0.15) is 5.26 Å². The van der Waals surface area contributed by atoms with Crippen molar-refractivity contribution >= 4 is 27.4 Å². The van der Waals surface area contributed by atoms with Crippen LogP contribution in [0.4, 0.5) is 11.5 Å². The van der Waals surface area contributed by atoms with Crippen molar-refractivity contribution in [2.45, 2.75) is 18.8 Å². The van der Waals surface area contributed by atoms with Gasteiger partial charge in [0.2, 0.25) is 0 Å². The van der Waals surface area contributed by atoms with Gasteiger partial charge < -0.3 is 4.90 Å². The Labute approximate surface area is 126 Å². The van der Waals surface area contributed by atoms with Crippen LogP contribution in [-0.2, 0) is 0 Å². The molecule has 5 heteroatoms. The van der Waals surface area contributed by atoms with Crippen molar-refractivity contribution in [3.05, 3.63) is 46.3 Å². The monoisotopic (exact) mass is 328 g/mol. The van der Waals surface area contributed by atoms with E-state index in [1.165, 1.54) is 12.8 Å². The number of benzene rings is 1. The second kappa shape index (κ2) is 5.22. The third-order valence-electron chi connectivity index (χ3n) is 3.37. The largest absolute Gasteiger partial charge is 0.329 e. The van der Waals surface area contributed by atoms with E-state index in [-0.39, 0.29) is 0 Å². The Kier molecular flexibility index (Phi) is 3.41. The van der Waals surface area contributed by atoms with Gasteiger partial charge in [-0.15, -0.1) is 0 Å². The number of halogens is 1. The van der Waals surface area contributed by atoms with Gasteiger partial charge in [0.25, 0.3) is 0 Å². The van der Waals surface area contributed by atoms with Gasteiger partial charge in [-0.1, -0.05) is 0 Å². The minimum atomic E-state index is 0.514. The Morgan fingerprint density at radius 3 is 2.55 bits per heavy atom. The van der Waals surface area contributed by atoms with E-state index in [1.807, 2.05) is 42.3 Å². The second-order valence-electron chi connectivity index (χ2n) is 4.90. The number of rotatable bonds is 3. The van der Waals surface area contributed by atoms with E-state index >= 15 is 0 Å². The van der Waals surface area contributed by atoms with Crippen LogP contribution in [0.15, 0.2) is 34.9 Å². The fraction of sp³-hybridized carbons (Fsp3) is 0.267. The summed E-state index contributed by atoms with van der Waals surface area (Å²) in [6, 6.07) is 11.5. The standard InChI is InChI=1S/C15H13BrN4/c1-20(12-6-2-10(9-17)3-7-12)14-8-13(16)18-15(19-14)11-4-5-11/h2-3,6-8,11H,4-5H2,1H3. The fourth-order valence-corrected chi connectivity index (χ4v) is 2.40. The minimum Gasteiger partial charge on any atom is -0.329 e. The second-order valence-corrected chi connectivity index (χ2v) is 5.71. The van der Waals surface area contributed by atoms with E-state index in [9.17, 15) is 0 Å². The molecule has 0 saturated heterocycles. The van der Waals surface area contributed by atoms with Crippen LogP contribution < -0.4 is 4.90 Å². The zero-order valence-corrected chi connectivity index (χ0v) is 12.6. The summed E-state index contributed by atoms with van der Waals surface area (Å²) in [4.78, 5) is 11.1. The molecule has 0 radical (unpaired) electrons. The van der Waals surface area contributed by atoms with Crippen molar-refractivity contribution in [1.82, 2.24) is 9.97 Å². The molecule has 20 heavy (non-hydrogen) atoms. The Balaban J connectivity index is 1.92. The van der Waals surface area contributed by atoms with Gasteiger partial charge in [0, 0.05) is 24.7 Å². The van der Waals surface area contributed by atoms with Crippen LogP contribution in [0.1, 0.15) is 30.1 Å². The van der Waals surface area contributed by atoms with Crippen molar-refractivity contribution < 1.29 is 0 Å². The minimum absolute atomic E-state index is 0.514. The van der Waals surface area contributed by atoms with Crippen LogP contribution in [0.5, 0.6) is 0 Å². The van der Waals surface area contributed by atoms with Crippen molar-refractivity contribution in [3.8, 4) is 6.07 Å². The Morgan fingerprint density at radius 2 is 1.95 bits per heavy atom. The van der Waals surface area contributed by atoms with E-state index in [0.29, 0.717) is 11.5 Å². The third-order valence-corrected chi connectivity index (χ3v) is 3.77. The van der Waals surface area contributed by atoms with Crippen LogP contribution in [0.3, 0.4) is 0 Å². The first-order valence-electron chi connectivity index (χ1n) is 6.46. The summed E-state index contributed by atoms with van der Waals surface area (Å²) in [5.41, 5.74) is 1.65. The van der Waals surface area contributed by atoms with Crippen LogP contribution in [0.2, 0.25) is 0 Å². The number of aromatic nitrogens is 2. The smallest absolute Gasteiger partial charge is 0.137 e. The molecular weight excluding hydrogens is 316 g/mol. The molecule has 100 valence electrons. The Hall–Kier alpha value is -1.93. The maximum atomic E-state index is 8.83. The molecule has 0 spiro atoms. The highest BCUT2D eigenvalue weighted by atomic mass is 79.9. The van der Waals surface area contributed by atoms with Crippen LogP contribution in [0.25, 0.3) is 0 Å². The SMILES string of the molecule is CN(c1ccc(C#N)cc1)c1cc(Br)nc(C2CC2)n1. The van der Waals surface area contributed by atoms with Gasteiger partial charge in [-0.05, 0) is 53.0 Å². The summed E-state index contributed by atoms with van der Waals surface area (Å²) in [7, 11) is 1.97. The summed E-state index contributed by atoms with van der Waals surface area (Å²) >= 11 is 3.45. The quantitative estimate of drug-likeness (QED) is 0.805. The maximum absolute atomic E-state index is 8.83. The molecule has 4 nitrogen and oxygen atoms in total. The van der Waals surface area contributed by atoms with Crippen molar-refractivity contribution in [3.63, 3.8) is 0 Å². The molecule has 1 saturated carbocycles. The molecule has 1 aromatic carbocycles. The molecule has 1 heterocycles. The molecule has 1 aromatic heterocycles. The zero-order valence-electron chi connectivity index (χ0n) is 11.0. The molecule has 0 N–H and O–H groups in total.